The molecule has 0 radical (unpaired) electrons. The van der Waals surface area contributed by atoms with Crippen molar-refractivity contribution in [3.8, 4) is 0 Å². The minimum absolute atomic E-state index is 0.449. The van der Waals surface area contributed by atoms with Crippen LogP contribution in [0.5, 0.6) is 0 Å². The maximum Gasteiger partial charge on any atom is 0.138 e. The first-order chi connectivity index (χ1) is 8.31. The molecule has 1 N–H and O–H groups in total. The van der Waals surface area contributed by atoms with Gasteiger partial charge in [-0.05, 0) is 26.3 Å². The summed E-state index contributed by atoms with van der Waals surface area (Å²) in [6.07, 6.45) is 5.84. The zero-order chi connectivity index (χ0) is 12.5. The molecule has 1 aromatic heterocycles. The van der Waals surface area contributed by atoms with Crippen molar-refractivity contribution in [2.45, 2.75) is 45.2 Å². The SMILES string of the molecule is CCCn1ncnc1CC(CCCOC)NC. The summed E-state index contributed by atoms with van der Waals surface area (Å²) in [4.78, 5) is 4.33. The molecule has 5 nitrogen and oxygen atoms in total. The lowest BCUT2D eigenvalue weighted by Crippen LogP contribution is -2.29. The number of aryl methyl sites for hydroxylation is 1. The largest absolute Gasteiger partial charge is 0.385 e. The first-order valence-corrected chi connectivity index (χ1v) is 6.34. The van der Waals surface area contributed by atoms with Crippen molar-refractivity contribution in [1.29, 1.82) is 0 Å². The van der Waals surface area contributed by atoms with Crippen LogP contribution < -0.4 is 5.32 Å². The van der Waals surface area contributed by atoms with Gasteiger partial charge < -0.3 is 10.1 Å². The van der Waals surface area contributed by atoms with E-state index in [2.05, 4.69) is 22.3 Å². The van der Waals surface area contributed by atoms with E-state index >= 15 is 0 Å². The number of likely N-dealkylation sites (N-methyl/N-ethyl adjacent to an activating group) is 1. The molecule has 0 amide bonds. The van der Waals surface area contributed by atoms with Crippen LogP contribution in [0.15, 0.2) is 6.33 Å². The fourth-order valence-electron chi connectivity index (χ4n) is 1.89. The van der Waals surface area contributed by atoms with Gasteiger partial charge in [-0.1, -0.05) is 6.92 Å². The van der Waals surface area contributed by atoms with Crippen LogP contribution in [-0.4, -0.2) is 41.6 Å². The van der Waals surface area contributed by atoms with Gasteiger partial charge in [0.05, 0.1) is 0 Å². The van der Waals surface area contributed by atoms with E-state index < -0.39 is 0 Å². The molecule has 1 unspecified atom stereocenters. The number of hydrogen-bond acceptors (Lipinski definition) is 4. The van der Waals surface area contributed by atoms with Crippen molar-refractivity contribution in [2.24, 2.45) is 0 Å². The van der Waals surface area contributed by atoms with Crippen molar-refractivity contribution >= 4 is 0 Å². The molecule has 0 bridgehead atoms. The van der Waals surface area contributed by atoms with Crippen molar-refractivity contribution < 1.29 is 4.74 Å². The highest BCUT2D eigenvalue weighted by Crippen LogP contribution is 2.06. The third-order valence-electron chi connectivity index (χ3n) is 2.87. The van der Waals surface area contributed by atoms with Crippen LogP contribution in [-0.2, 0) is 17.7 Å². The van der Waals surface area contributed by atoms with Gasteiger partial charge in [-0.25, -0.2) is 4.98 Å². The average Bonchev–Trinajstić information content (AvgIpc) is 2.76. The molecule has 0 aromatic carbocycles. The second kappa shape index (κ2) is 8.20. The molecular formula is C12H24N4O. The lowest BCUT2D eigenvalue weighted by molar-refractivity contribution is 0.189. The Kier molecular flexibility index (Phi) is 6.81. The van der Waals surface area contributed by atoms with Crippen molar-refractivity contribution in [2.75, 3.05) is 20.8 Å². The molecule has 17 heavy (non-hydrogen) atoms. The molecule has 1 heterocycles. The van der Waals surface area contributed by atoms with Gasteiger partial charge in [0, 0.05) is 32.7 Å². The van der Waals surface area contributed by atoms with E-state index in [1.54, 1.807) is 13.4 Å². The van der Waals surface area contributed by atoms with Gasteiger partial charge in [-0.2, -0.15) is 5.10 Å². The van der Waals surface area contributed by atoms with Gasteiger partial charge in [-0.15, -0.1) is 0 Å². The lowest BCUT2D eigenvalue weighted by Gasteiger charge is -2.15. The molecule has 0 aliphatic heterocycles. The van der Waals surface area contributed by atoms with Crippen LogP contribution in [0.1, 0.15) is 32.0 Å². The molecule has 1 aromatic rings. The van der Waals surface area contributed by atoms with Crippen LogP contribution in [0, 0.1) is 0 Å². The minimum atomic E-state index is 0.449. The molecule has 1 atom stereocenters. The second-order valence-electron chi connectivity index (χ2n) is 4.22. The second-order valence-corrected chi connectivity index (χ2v) is 4.22. The zero-order valence-corrected chi connectivity index (χ0v) is 11.1. The topological polar surface area (TPSA) is 52.0 Å². The third kappa shape index (κ3) is 4.83. The predicted octanol–water partition coefficient (Wildman–Crippen LogP) is 1.25. The molecule has 0 aliphatic rings. The third-order valence-corrected chi connectivity index (χ3v) is 2.87. The van der Waals surface area contributed by atoms with Gasteiger partial charge >= 0.3 is 0 Å². The molecule has 1 rings (SSSR count). The maximum absolute atomic E-state index is 5.07. The Bertz CT molecular complexity index is 300. The summed E-state index contributed by atoms with van der Waals surface area (Å²) in [6, 6.07) is 0.449. The molecule has 0 saturated heterocycles. The standard InChI is InChI=1S/C12H24N4O/c1-4-7-16-12(14-10-15-16)9-11(13-2)6-5-8-17-3/h10-11,13H,4-9H2,1-3H3. The van der Waals surface area contributed by atoms with Crippen LogP contribution in [0.2, 0.25) is 0 Å². The number of hydrogen-bond donors (Lipinski definition) is 1. The summed E-state index contributed by atoms with van der Waals surface area (Å²) in [6.45, 7) is 3.92. The Hall–Kier alpha value is -0.940. The molecule has 5 heteroatoms. The van der Waals surface area contributed by atoms with E-state index in [1.165, 1.54) is 0 Å². The highest BCUT2D eigenvalue weighted by Gasteiger charge is 2.11. The first kappa shape index (κ1) is 14.1. The monoisotopic (exact) mass is 240 g/mol. The molecular weight excluding hydrogens is 216 g/mol. The van der Waals surface area contributed by atoms with Gasteiger partial charge in [0.1, 0.15) is 12.2 Å². The fourth-order valence-corrected chi connectivity index (χ4v) is 1.89. The van der Waals surface area contributed by atoms with Gasteiger partial charge in [-0.3, -0.25) is 4.68 Å². The summed E-state index contributed by atoms with van der Waals surface area (Å²) in [5.41, 5.74) is 0. The summed E-state index contributed by atoms with van der Waals surface area (Å²) < 4.78 is 7.07. The lowest BCUT2D eigenvalue weighted by atomic mass is 10.1. The van der Waals surface area contributed by atoms with E-state index in [9.17, 15) is 0 Å². The van der Waals surface area contributed by atoms with E-state index in [0.29, 0.717) is 6.04 Å². The molecule has 0 aliphatic carbocycles. The Morgan fingerprint density at radius 3 is 3.00 bits per heavy atom. The number of methoxy groups -OCH3 is 1. The fraction of sp³-hybridized carbons (Fsp3) is 0.833. The summed E-state index contributed by atoms with van der Waals surface area (Å²) in [5, 5.41) is 7.57. The first-order valence-electron chi connectivity index (χ1n) is 6.34. The number of ether oxygens (including phenoxy) is 1. The predicted molar refractivity (Wildman–Crippen MR) is 68.0 cm³/mol. The van der Waals surface area contributed by atoms with Gasteiger partial charge in [0.25, 0.3) is 0 Å². The van der Waals surface area contributed by atoms with E-state index in [0.717, 1.165) is 44.7 Å². The Labute approximate surface area is 104 Å². The number of nitrogens with zero attached hydrogens (tertiary/aromatic N) is 3. The summed E-state index contributed by atoms with van der Waals surface area (Å²) in [5.74, 6) is 1.07. The molecule has 0 fully saturated rings. The zero-order valence-electron chi connectivity index (χ0n) is 11.1. The number of nitrogens with one attached hydrogen (secondary N) is 1. The van der Waals surface area contributed by atoms with Crippen molar-refractivity contribution in [1.82, 2.24) is 20.1 Å². The van der Waals surface area contributed by atoms with Crippen LogP contribution in [0.4, 0.5) is 0 Å². The number of aromatic nitrogens is 3. The van der Waals surface area contributed by atoms with Crippen LogP contribution >= 0.6 is 0 Å². The highest BCUT2D eigenvalue weighted by molar-refractivity contribution is 4.89. The van der Waals surface area contributed by atoms with Gasteiger partial charge in [0.2, 0.25) is 0 Å². The average molecular weight is 240 g/mol. The van der Waals surface area contributed by atoms with E-state index in [4.69, 9.17) is 4.74 Å². The quantitative estimate of drug-likeness (QED) is 0.660. The Morgan fingerprint density at radius 1 is 1.53 bits per heavy atom. The number of rotatable bonds is 9. The molecule has 0 spiro atoms. The summed E-state index contributed by atoms with van der Waals surface area (Å²) >= 11 is 0. The van der Waals surface area contributed by atoms with E-state index in [-0.39, 0.29) is 0 Å². The summed E-state index contributed by atoms with van der Waals surface area (Å²) in [7, 11) is 3.74. The molecule has 98 valence electrons. The smallest absolute Gasteiger partial charge is 0.138 e. The van der Waals surface area contributed by atoms with Crippen molar-refractivity contribution in [3.05, 3.63) is 12.2 Å². The van der Waals surface area contributed by atoms with Crippen LogP contribution in [0.25, 0.3) is 0 Å². The van der Waals surface area contributed by atoms with Gasteiger partial charge in [0.15, 0.2) is 0 Å². The molecule has 0 saturated carbocycles. The Morgan fingerprint density at radius 2 is 2.35 bits per heavy atom. The normalized spacial score (nSPS) is 12.9. The maximum atomic E-state index is 5.07. The van der Waals surface area contributed by atoms with Crippen molar-refractivity contribution in [3.63, 3.8) is 0 Å². The van der Waals surface area contributed by atoms with E-state index in [1.807, 2.05) is 11.7 Å². The minimum Gasteiger partial charge on any atom is -0.385 e. The highest BCUT2D eigenvalue weighted by atomic mass is 16.5. The van der Waals surface area contributed by atoms with Crippen LogP contribution in [0.3, 0.4) is 0 Å². The Balaban J connectivity index is 2.45.